The summed E-state index contributed by atoms with van der Waals surface area (Å²) in [5.41, 5.74) is 7.96. The Balaban J connectivity index is 1.05. The second-order valence-electron chi connectivity index (χ2n) is 12.6. The summed E-state index contributed by atoms with van der Waals surface area (Å²) in [6.07, 6.45) is 3.00. The smallest absolute Gasteiger partial charge is 0.167 e. The molecule has 0 bridgehead atoms. The van der Waals surface area contributed by atoms with Crippen LogP contribution in [0.5, 0.6) is 0 Å². The number of aliphatic hydroxyl groups excluding tert-OH is 5. The van der Waals surface area contributed by atoms with E-state index in [1.807, 2.05) is 12.1 Å². The van der Waals surface area contributed by atoms with Crippen molar-refractivity contribution in [1.82, 2.24) is 34.4 Å². The van der Waals surface area contributed by atoms with Gasteiger partial charge in [0.2, 0.25) is 0 Å². The molecule has 1 saturated carbocycles. The number of anilines is 1. The highest BCUT2D eigenvalue weighted by Crippen LogP contribution is 2.38. The molecule has 0 spiro atoms. The van der Waals surface area contributed by atoms with Gasteiger partial charge in [0, 0.05) is 25.0 Å². The van der Waals surface area contributed by atoms with Gasteiger partial charge in [-0.05, 0) is 56.7 Å². The lowest BCUT2D eigenvalue weighted by Gasteiger charge is -2.46. The van der Waals surface area contributed by atoms with Crippen molar-refractivity contribution in [3.05, 3.63) is 42.2 Å². The Morgan fingerprint density at radius 2 is 1.84 bits per heavy atom. The second kappa shape index (κ2) is 12.3. The van der Waals surface area contributed by atoms with Crippen LogP contribution in [0.3, 0.4) is 0 Å². The molecule has 4 unspecified atom stereocenters. The lowest BCUT2D eigenvalue weighted by molar-refractivity contribution is -0.0620. The van der Waals surface area contributed by atoms with Gasteiger partial charge in [-0.3, -0.25) is 9.47 Å². The van der Waals surface area contributed by atoms with Gasteiger partial charge in [0.05, 0.1) is 42.6 Å². The number of nitrogens with one attached hydrogen (secondary N) is 1. The summed E-state index contributed by atoms with van der Waals surface area (Å²) in [4.78, 5) is 22.9. The predicted octanol–water partition coefficient (Wildman–Crippen LogP) is 0.241. The number of nitrogen functional groups attached to an aromatic ring is 1. The molecule has 1 aliphatic heterocycles. The van der Waals surface area contributed by atoms with Gasteiger partial charge in [0.15, 0.2) is 17.7 Å². The fourth-order valence-corrected chi connectivity index (χ4v) is 6.64. The average Bonchev–Trinajstić information content (AvgIpc) is 3.69. The van der Waals surface area contributed by atoms with Gasteiger partial charge in [0.1, 0.15) is 36.0 Å². The maximum absolute atomic E-state index is 10.9. The molecule has 2 aliphatic rings. The summed E-state index contributed by atoms with van der Waals surface area (Å²) >= 11 is 0. The third-order valence-electron chi connectivity index (χ3n) is 9.57. The first kappa shape index (κ1) is 30.8. The Hall–Kier alpha value is -3.24. The number of rotatable bonds is 12. The molecular weight excluding hydrogens is 568 g/mol. The Bertz CT molecular complexity index is 1570. The van der Waals surface area contributed by atoms with E-state index in [-0.39, 0.29) is 31.7 Å². The molecule has 1 aliphatic carbocycles. The molecule has 3 aromatic heterocycles. The van der Waals surface area contributed by atoms with Crippen molar-refractivity contribution in [2.24, 2.45) is 5.92 Å². The second-order valence-corrected chi connectivity index (χ2v) is 12.6. The maximum atomic E-state index is 10.9. The van der Waals surface area contributed by atoms with Crippen LogP contribution in [0, 0.1) is 5.92 Å². The number of benzene rings is 1. The first-order valence-electron chi connectivity index (χ1n) is 15.2. The van der Waals surface area contributed by atoms with E-state index in [1.54, 1.807) is 10.6 Å². The normalized spacial score (nSPS) is 25.9. The zero-order valence-electron chi connectivity index (χ0n) is 25.0. The molecule has 2 fully saturated rings. The van der Waals surface area contributed by atoms with E-state index in [1.165, 1.54) is 12.7 Å². The summed E-state index contributed by atoms with van der Waals surface area (Å²) in [5.74, 6) is 1.65. The van der Waals surface area contributed by atoms with Crippen molar-refractivity contribution >= 4 is 28.0 Å². The summed E-state index contributed by atoms with van der Waals surface area (Å²) in [6, 6.07) is 6.05. The van der Waals surface area contributed by atoms with Crippen LogP contribution in [0.1, 0.15) is 50.7 Å². The first-order valence-corrected chi connectivity index (χ1v) is 15.2. The van der Waals surface area contributed by atoms with Crippen LogP contribution < -0.4 is 5.73 Å². The molecule has 0 radical (unpaired) electrons. The Labute approximate surface area is 254 Å². The monoisotopic (exact) mass is 610 g/mol. The van der Waals surface area contributed by atoms with Gasteiger partial charge in [-0.25, -0.2) is 19.9 Å². The molecule has 1 saturated heterocycles. The third kappa shape index (κ3) is 5.44. The average molecular weight is 611 g/mol. The van der Waals surface area contributed by atoms with Gasteiger partial charge in [0.25, 0.3) is 0 Å². The minimum Gasteiger partial charge on any atom is -0.395 e. The molecule has 6 rings (SSSR count). The Morgan fingerprint density at radius 3 is 2.55 bits per heavy atom. The van der Waals surface area contributed by atoms with Crippen LogP contribution in [0.4, 0.5) is 5.82 Å². The molecule has 1 aromatic carbocycles. The lowest BCUT2D eigenvalue weighted by atomic mass is 9.76. The summed E-state index contributed by atoms with van der Waals surface area (Å²) in [5, 5.41) is 51.2. The van der Waals surface area contributed by atoms with Gasteiger partial charge >= 0.3 is 0 Å². The van der Waals surface area contributed by atoms with Crippen LogP contribution in [0.2, 0.25) is 0 Å². The van der Waals surface area contributed by atoms with Crippen molar-refractivity contribution in [2.75, 3.05) is 32.1 Å². The number of hydrogen-bond acceptors (Lipinski definition) is 12. The summed E-state index contributed by atoms with van der Waals surface area (Å²) < 4.78 is 7.81. The summed E-state index contributed by atoms with van der Waals surface area (Å²) in [7, 11) is 0. The molecule has 14 heteroatoms. The van der Waals surface area contributed by atoms with Crippen LogP contribution in [0.15, 0.2) is 30.9 Å². The van der Waals surface area contributed by atoms with Gasteiger partial charge < -0.3 is 41.0 Å². The van der Waals surface area contributed by atoms with Crippen LogP contribution >= 0.6 is 0 Å². The number of ether oxygens (including phenoxy) is 1. The zero-order chi connectivity index (χ0) is 31.2. The third-order valence-corrected chi connectivity index (χ3v) is 9.57. The number of aromatic amines is 1. The van der Waals surface area contributed by atoms with Crippen LogP contribution in [0.25, 0.3) is 22.2 Å². The highest BCUT2D eigenvalue weighted by Gasteiger charge is 2.46. The fraction of sp³-hybridized carbons (Fsp3) is 0.600. The largest absolute Gasteiger partial charge is 0.395 e. The summed E-state index contributed by atoms with van der Waals surface area (Å²) in [6.45, 7) is 3.67. The molecule has 4 atom stereocenters. The number of aryl methyl sites for hydroxylation is 1. The zero-order valence-corrected chi connectivity index (χ0v) is 25.0. The molecular formula is C30H42N8O6. The highest BCUT2D eigenvalue weighted by molar-refractivity contribution is 5.81. The van der Waals surface area contributed by atoms with Crippen molar-refractivity contribution in [3.8, 4) is 0 Å². The number of nitrogens with two attached hydrogens (primary N) is 1. The van der Waals surface area contributed by atoms with Gasteiger partial charge in [-0.1, -0.05) is 6.07 Å². The van der Waals surface area contributed by atoms with E-state index in [0.717, 1.165) is 42.5 Å². The highest BCUT2D eigenvalue weighted by atomic mass is 16.6. The minimum absolute atomic E-state index is 0.225. The van der Waals surface area contributed by atoms with Gasteiger partial charge in [-0.2, -0.15) is 0 Å². The van der Waals surface area contributed by atoms with Crippen molar-refractivity contribution in [2.45, 2.75) is 81.6 Å². The predicted molar refractivity (Wildman–Crippen MR) is 161 cm³/mol. The van der Waals surface area contributed by atoms with Crippen molar-refractivity contribution in [1.29, 1.82) is 0 Å². The SMILES string of the molecule is CC(C)N(CC1OC(n2cnc3c(N)ncnc32)C(O)C1O)C1CC(CCc2nc3ccc(C(CO)(CO)CO)cc3[nH]2)C1. The van der Waals surface area contributed by atoms with Crippen LogP contribution in [-0.4, -0.2) is 117 Å². The molecule has 238 valence electrons. The molecule has 14 nitrogen and oxygen atoms in total. The topological polar surface area (TPSA) is 212 Å². The van der Waals surface area contributed by atoms with E-state index in [4.69, 9.17) is 15.5 Å². The first-order chi connectivity index (χ1) is 21.2. The van der Waals surface area contributed by atoms with Gasteiger partial charge in [-0.15, -0.1) is 0 Å². The molecule has 0 amide bonds. The number of nitrogens with zero attached hydrogens (tertiary/aromatic N) is 6. The van der Waals surface area contributed by atoms with E-state index in [2.05, 4.69) is 38.7 Å². The number of imidazole rings is 2. The number of aromatic nitrogens is 6. The minimum atomic E-state index is -1.15. The van der Waals surface area contributed by atoms with E-state index in [0.29, 0.717) is 35.2 Å². The molecule has 44 heavy (non-hydrogen) atoms. The molecule has 4 heterocycles. The Morgan fingerprint density at radius 1 is 1.09 bits per heavy atom. The number of aliphatic hydroxyl groups is 5. The van der Waals surface area contributed by atoms with Crippen molar-refractivity contribution in [3.63, 3.8) is 0 Å². The number of H-pyrrole nitrogens is 1. The number of fused-ring (bicyclic) bond motifs is 2. The van der Waals surface area contributed by atoms with Crippen molar-refractivity contribution < 1.29 is 30.3 Å². The fourth-order valence-electron chi connectivity index (χ4n) is 6.64. The van der Waals surface area contributed by atoms with E-state index < -0.39 is 30.0 Å². The number of hydrogen-bond donors (Lipinski definition) is 7. The standard InChI is InChI=1S/C30H42N8O6/c1-16(2)37(10-22-25(42)26(43)29(44-22)38-15-34-24-27(31)32-14-33-28(24)38)19-7-17(8-19)3-6-23-35-20-5-4-18(9-21(20)36-23)30(11-39,12-40)13-41/h4-5,9,14-17,19,22,25-26,29,39-43H,3,6-8,10-13H2,1-2H3,(H,35,36)(H2,31,32,33). The maximum Gasteiger partial charge on any atom is 0.167 e. The van der Waals surface area contributed by atoms with Crippen LogP contribution in [-0.2, 0) is 16.6 Å². The van der Waals surface area contributed by atoms with E-state index in [9.17, 15) is 25.5 Å². The quantitative estimate of drug-likeness (QED) is 0.115. The molecule has 8 N–H and O–H groups in total. The molecule has 4 aromatic rings. The lowest BCUT2D eigenvalue weighted by Crippen LogP contribution is -2.52. The van der Waals surface area contributed by atoms with E-state index >= 15 is 0 Å². The Kier molecular flexibility index (Phi) is 8.58.